The third kappa shape index (κ3) is 2.71. The Labute approximate surface area is 151 Å². The van der Waals surface area contributed by atoms with Crippen molar-refractivity contribution in [2.45, 2.75) is 13.8 Å². The summed E-state index contributed by atoms with van der Waals surface area (Å²) in [5.41, 5.74) is 2.69. The second kappa shape index (κ2) is 6.02. The van der Waals surface area contributed by atoms with Crippen molar-refractivity contribution in [3.8, 4) is 10.6 Å². The molecule has 25 heavy (non-hydrogen) atoms. The molecule has 1 amide bonds. The molecule has 4 rings (SSSR count). The highest BCUT2D eigenvalue weighted by atomic mass is 35.5. The molecule has 126 valence electrons. The van der Waals surface area contributed by atoms with Gasteiger partial charge in [-0.3, -0.25) is 10.1 Å². The first-order valence-corrected chi connectivity index (χ1v) is 8.67. The average molecular weight is 374 g/mol. The minimum Gasteiger partial charge on any atom is -0.451 e. The maximum atomic E-state index is 12.7. The van der Waals surface area contributed by atoms with Gasteiger partial charge in [-0.25, -0.2) is 4.63 Å². The molecule has 6 nitrogen and oxygen atoms in total. The topological polar surface area (TPSA) is 81.2 Å². The van der Waals surface area contributed by atoms with Gasteiger partial charge in [0, 0.05) is 16.0 Å². The van der Waals surface area contributed by atoms with E-state index in [0.717, 1.165) is 15.8 Å². The van der Waals surface area contributed by atoms with E-state index >= 15 is 0 Å². The molecule has 1 aromatic carbocycles. The van der Waals surface area contributed by atoms with Crippen LogP contribution in [0.2, 0.25) is 5.02 Å². The summed E-state index contributed by atoms with van der Waals surface area (Å²) in [6.45, 7) is 3.70. The number of thiophene rings is 1. The van der Waals surface area contributed by atoms with Crippen molar-refractivity contribution in [3.05, 3.63) is 51.6 Å². The molecule has 0 aliphatic heterocycles. The summed E-state index contributed by atoms with van der Waals surface area (Å²) in [5.74, 6) is 0.0364. The van der Waals surface area contributed by atoms with Gasteiger partial charge in [0.05, 0.1) is 4.88 Å². The number of aryl methyl sites for hydroxylation is 2. The van der Waals surface area contributed by atoms with Gasteiger partial charge in [0.2, 0.25) is 5.82 Å². The zero-order valence-corrected chi connectivity index (χ0v) is 14.9. The lowest BCUT2D eigenvalue weighted by Gasteiger charge is -2.00. The molecule has 0 aliphatic rings. The number of rotatable bonds is 3. The highest BCUT2D eigenvalue weighted by Crippen LogP contribution is 2.32. The van der Waals surface area contributed by atoms with Gasteiger partial charge in [-0.15, -0.1) is 11.3 Å². The van der Waals surface area contributed by atoms with Gasteiger partial charge in [-0.05, 0) is 53.3 Å². The quantitative estimate of drug-likeness (QED) is 0.542. The lowest BCUT2D eigenvalue weighted by Crippen LogP contribution is -2.13. The number of aromatic nitrogens is 2. The van der Waals surface area contributed by atoms with E-state index < -0.39 is 5.91 Å². The Morgan fingerprint density at radius 2 is 2.12 bits per heavy atom. The zero-order valence-electron chi connectivity index (χ0n) is 13.3. The predicted octanol–water partition coefficient (Wildman–Crippen LogP) is 5.07. The third-order valence-electron chi connectivity index (χ3n) is 3.90. The van der Waals surface area contributed by atoms with E-state index in [1.807, 2.05) is 37.4 Å². The summed E-state index contributed by atoms with van der Waals surface area (Å²) in [6.07, 6.45) is 0. The van der Waals surface area contributed by atoms with Crippen molar-refractivity contribution in [2.75, 3.05) is 5.32 Å². The van der Waals surface area contributed by atoms with Crippen molar-refractivity contribution in [3.63, 3.8) is 0 Å². The van der Waals surface area contributed by atoms with Crippen LogP contribution in [-0.4, -0.2) is 16.2 Å². The Morgan fingerprint density at radius 3 is 2.88 bits per heavy atom. The molecule has 3 aromatic heterocycles. The molecule has 0 spiro atoms. The molecule has 0 fully saturated rings. The van der Waals surface area contributed by atoms with Crippen LogP contribution in [0.5, 0.6) is 0 Å². The molecule has 8 heteroatoms. The van der Waals surface area contributed by atoms with Crippen molar-refractivity contribution in [1.29, 1.82) is 0 Å². The van der Waals surface area contributed by atoms with E-state index in [1.165, 1.54) is 11.3 Å². The average Bonchev–Trinajstić information content (AvgIpc) is 3.30. The van der Waals surface area contributed by atoms with Crippen LogP contribution in [0.1, 0.15) is 21.7 Å². The van der Waals surface area contributed by atoms with Gasteiger partial charge in [0.25, 0.3) is 5.91 Å². The highest BCUT2D eigenvalue weighted by Gasteiger charge is 2.22. The van der Waals surface area contributed by atoms with E-state index in [9.17, 15) is 4.79 Å². The van der Waals surface area contributed by atoms with Gasteiger partial charge in [0.1, 0.15) is 5.58 Å². The van der Waals surface area contributed by atoms with Crippen molar-refractivity contribution in [1.82, 2.24) is 10.3 Å². The molecule has 0 saturated heterocycles. The summed E-state index contributed by atoms with van der Waals surface area (Å²) in [7, 11) is 0. The standard InChI is InChI=1S/C17H12ClN3O3S/c1-8-6-12-10(7-11(8)18)9(2)15(23-12)17(22)19-16-14(20-24-21-16)13-4-3-5-25-13/h3-7H,1-2H3,(H,19,21,22). The van der Waals surface area contributed by atoms with Crippen molar-refractivity contribution >= 4 is 45.6 Å². The highest BCUT2D eigenvalue weighted by molar-refractivity contribution is 7.13. The summed E-state index contributed by atoms with van der Waals surface area (Å²) >= 11 is 7.65. The Morgan fingerprint density at radius 1 is 1.28 bits per heavy atom. The van der Waals surface area contributed by atoms with E-state index in [4.69, 9.17) is 20.6 Å². The van der Waals surface area contributed by atoms with E-state index in [1.54, 1.807) is 6.07 Å². The smallest absolute Gasteiger partial charge is 0.292 e. The number of nitrogens with one attached hydrogen (secondary N) is 1. The zero-order chi connectivity index (χ0) is 17.6. The number of carbonyl (C=O) groups is 1. The summed E-state index contributed by atoms with van der Waals surface area (Å²) in [5, 5.41) is 13.7. The van der Waals surface area contributed by atoms with E-state index in [-0.39, 0.29) is 11.6 Å². The number of fused-ring (bicyclic) bond motifs is 1. The van der Waals surface area contributed by atoms with Gasteiger partial charge in [-0.2, -0.15) is 0 Å². The fourth-order valence-electron chi connectivity index (χ4n) is 2.57. The molecule has 0 saturated carbocycles. The minimum atomic E-state index is -0.420. The van der Waals surface area contributed by atoms with Crippen LogP contribution in [0.3, 0.4) is 0 Å². The van der Waals surface area contributed by atoms with Crippen LogP contribution in [-0.2, 0) is 0 Å². The SMILES string of the molecule is Cc1cc2oc(C(=O)Nc3nonc3-c3cccs3)c(C)c2cc1Cl. The first-order valence-electron chi connectivity index (χ1n) is 7.41. The predicted molar refractivity (Wildman–Crippen MR) is 96.3 cm³/mol. The van der Waals surface area contributed by atoms with Crippen LogP contribution in [0, 0.1) is 13.8 Å². The van der Waals surface area contributed by atoms with Crippen LogP contribution in [0.15, 0.2) is 38.7 Å². The Kier molecular flexibility index (Phi) is 3.82. The number of hydrogen-bond donors (Lipinski definition) is 1. The molecule has 1 N–H and O–H groups in total. The van der Waals surface area contributed by atoms with Gasteiger partial charge >= 0.3 is 0 Å². The molecule has 0 unspecified atom stereocenters. The molecular weight excluding hydrogens is 362 g/mol. The van der Waals surface area contributed by atoms with E-state index in [0.29, 0.717) is 21.9 Å². The number of furan rings is 1. The van der Waals surface area contributed by atoms with Crippen LogP contribution in [0.25, 0.3) is 21.5 Å². The number of carbonyl (C=O) groups excluding carboxylic acids is 1. The number of halogens is 1. The molecule has 0 atom stereocenters. The third-order valence-corrected chi connectivity index (χ3v) is 5.18. The molecule has 4 aromatic rings. The number of amides is 1. The molecule has 0 aliphatic carbocycles. The number of anilines is 1. The lowest BCUT2D eigenvalue weighted by atomic mass is 10.1. The maximum absolute atomic E-state index is 12.7. The minimum absolute atomic E-state index is 0.205. The van der Waals surface area contributed by atoms with Crippen LogP contribution < -0.4 is 5.32 Å². The molecule has 3 heterocycles. The van der Waals surface area contributed by atoms with Gasteiger partial charge in [0.15, 0.2) is 11.5 Å². The summed E-state index contributed by atoms with van der Waals surface area (Å²) in [6, 6.07) is 7.37. The first kappa shape index (κ1) is 15.9. The summed E-state index contributed by atoms with van der Waals surface area (Å²) in [4.78, 5) is 13.5. The Hall–Kier alpha value is -2.64. The largest absolute Gasteiger partial charge is 0.451 e. The van der Waals surface area contributed by atoms with Crippen molar-refractivity contribution in [2.24, 2.45) is 0 Å². The van der Waals surface area contributed by atoms with Gasteiger partial charge in [-0.1, -0.05) is 17.7 Å². The first-order chi connectivity index (χ1) is 12.0. The Balaban J connectivity index is 1.70. The van der Waals surface area contributed by atoms with Crippen molar-refractivity contribution < 1.29 is 13.8 Å². The lowest BCUT2D eigenvalue weighted by molar-refractivity contribution is 0.0997. The van der Waals surface area contributed by atoms with Crippen LogP contribution >= 0.6 is 22.9 Å². The molecule has 0 radical (unpaired) electrons. The number of hydrogen-bond acceptors (Lipinski definition) is 6. The second-order valence-electron chi connectivity index (χ2n) is 5.55. The molecular formula is C17H12ClN3O3S. The fourth-order valence-corrected chi connectivity index (χ4v) is 3.44. The molecule has 0 bridgehead atoms. The second-order valence-corrected chi connectivity index (χ2v) is 6.90. The fraction of sp³-hybridized carbons (Fsp3) is 0.118. The number of nitrogens with zero attached hydrogens (tertiary/aromatic N) is 2. The monoisotopic (exact) mass is 373 g/mol. The maximum Gasteiger partial charge on any atom is 0.292 e. The normalized spacial score (nSPS) is 11.2. The number of benzene rings is 1. The van der Waals surface area contributed by atoms with Crippen LogP contribution in [0.4, 0.5) is 5.82 Å². The van der Waals surface area contributed by atoms with Gasteiger partial charge < -0.3 is 4.42 Å². The van der Waals surface area contributed by atoms with E-state index in [2.05, 4.69) is 15.6 Å². The Bertz CT molecular complexity index is 1080. The summed E-state index contributed by atoms with van der Waals surface area (Å²) < 4.78 is 10.5.